The van der Waals surface area contributed by atoms with Gasteiger partial charge in [0.25, 0.3) is 0 Å². The first kappa shape index (κ1) is 18.0. The smallest absolute Gasteiger partial charge is 0.231 e. The minimum atomic E-state index is -0.141. The molecule has 0 amide bonds. The number of phenols is 1. The topological polar surface area (TPSA) is 65.6 Å². The molecule has 148 valence electrons. The lowest BCUT2D eigenvalue weighted by atomic mass is 10.0. The number of aromatic amines is 1. The largest absolute Gasteiger partial charge is 0.507 e. The number of fused-ring (bicyclic) bond motifs is 2. The molecule has 0 spiro atoms. The molecule has 1 atom stereocenters. The summed E-state index contributed by atoms with van der Waals surface area (Å²) in [6, 6.07) is 11.7. The minimum Gasteiger partial charge on any atom is -0.507 e. The molecular weight excluding hydrogens is 364 g/mol. The average Bonchev–Trinajstić information content (AvgIpc) is 3.28. The van der Waals surface area contributed by atoms with Crippen LogP contribution in [-0.4, -0.2) is 33.4 Å². The standard InChI is InChI=1S/C24H24N2O3/c1-15-6-4-5-11-26(15)14-19-21(27)10-9-18-23(28)22(29-24(18)19)12-16-13-25-20-8-3-2-7-17(16)20/h2-3,7-10,12-13,15,25,27H,4-6,11,14H2,1H3/b22-12-. The first-order valence-corrected chi connectivity index (χ1v) is 10.2. The van der Waals surface area contributed by atoms with Crippen LogP contribution in [0.3, 0.4) is 0 Å². The number of aromatic nitrogens is 1. The van der Waals surface area contributed by atoms with Crippen LogP contribution < -0.4 is 4.74 Å². The Bertz CT molecular complexity index is 1130. The molecular formula is C24H24N2O3. The molecule has 29 heavy (non-hydrogen) atoms. The third-order valence-corrected chi connectivity index (χ3v) is 6.13. The van der Waals surface area contributed by atoms with E-state index in [1.807, 2.05) is 30.5 Å². The molecule has 0 bridgehead atoms. The second-order valence-corrected chi connectivity index (χ2v) is 7.98. The number of phenolic OH excluding ortho intramolecular Hbond substituents is 1. The van der Waals surface area contributed by atoms with E-state index in [0.29, 0.717) is 35.2 Å². The summed E-state index contributed by atoms with van der Waals surface area (Å²) in [4.78, 5) is 18.6. The van der Waals surface area contributed by atoms with E-state index in [0.717, 1.165) is 35.9 Å². The number of para-hydroxylation sites is 1. The van der Waals surface area contributed by atoms with Crippen LogP contribution in [0, 0.1) is 0 Å². The van der Waals surface area contributed by atoms with Crippen LogP contribution in [0.2, 0.25) is 0 Å². The highest BCUT2D eigenvalue weighted by atomic mass is 16.5. The van der Waals surface area contributed by atoms with Gasteiger partial charge in [0.2, 0.25) is 5.78 Å². The maximum atomic E-state index is 13.0. The number of Topliss-reactive ketones (excluding diaryl/α,β-unsaturated/α-hetero) is 1. The Labute approximate surface area is 169 Å². The van der Waals surface area contributed by atoms with E-state index in [-0.39, 0.29) is 11.5 Å². The number of rotatable bonds is 3. The Kier molecular flexibility index (Phi) is 4.40. The number of hydrogen-bond acceptors (Lipinski definition) is 4. The van der Waals surface area contributed by atoms with Crippen LogP contribution in [0.5, 0.6) is 11.5 Å². The molecule has 3 aromatic rings. The SMILES string of the molecule is CC1CCCCN1Cc1c(O)ccc2c1O/C(=C\c1c[nH]c3ccccc13)C2=O. The fraction of sp³-hybridized carbons (Fsp3) is 0.292. The van der Waals surface area contributed by atoms with Crippen LogP contribution >= 0.6 is 0 Å². The maximum absolute atomic E-state index is 13.0. The van der Waals surface area contributed by atoms with Gasteiger partial charge < -0.3 is 14.8 Å². The number of ether oxygens (including phenoxy) is 1. The van der Waals surface area contributed by atoms with Crippen molar-refractivity contribution < 1.29 is 14.6 Å². The maximum Gasteiger partial charge on any atom is 0.231 e. The van der Waals surface area contributed by atoms with E-state index in [1.54, 1.807) is 18.2 Å². The lowest BCUT2D eigenvalue weighted by molar-refractivity contribution is 0.101. The molecule has 1 aromatic heterocycles. The Balaban J connectivity index is 1.50. The zero-order valence-corrected chi connectivity index (χ0v) is 16.4. The molecule has 5 nitrogen and oxygen atoms in total. The van der Waals surface area contributed by atoms with E-state index >= 15 is 0 Å². The zero-order chi connectivity index (χ0) is 20.0. The minimum absolute atomic E-state index is 0.141. The third kappa shape index (κ3) is 3.12. The van der Waals surface area contributed by atoms with Gasteiger partial charge in [-0.05, 0) is 50.6 Å². The van der Waals surface area contributed by atoms with Crippen molar-refractivity contribution in [3.8, 4) is 11.5 Å². The van der Waals surface area contributed by atoms with Crippen molar-refractivity contribution in [3.63, 3.8) is 0 Å². The molecule has 2 aromatic carbocycles. The van der Waals surface area contributed by atoms with Gasteiger partial charge in [-0.15, -0.1) is 0 Å². The van der Waals surface area contributed by atoms with Crippen LogP contribution in [0.4, 0.5) is 0 Å². The molecule has 3 heterocycles. The first-order valence-electron chi connectivity index (χ1n) is 10.2. The number of allylic oxidation sites excluding steroid dienone is 1. The monoisotopic (exact) mass is 388 g/mol. The van der Waals surface area contributed by atoms with E-state index in [1.165, 1.54) is 6.42 Å². The molecule has 0 aliphatic carbocycles. The molecule has 2 N–H and O–H groups in total. The highest BCUT2D eigenvalue weighted by molar-refractivity contribution is 6.15. The van der Waals surface area contributed by atoms with Gasteiger partial charge in [-0.3, -0.25) is 9.69 Å². The van der Waals surface area contributed by atoms with Crippen LogP contribution in [0.15, 0.2) is 48.4 Å². The Morgan fingerprint density at radius 3 is 2.97 bits per heavy atom. The number of nitrogens with one attached hydrogen (secondary N) is 1. The summed E-state index contributed by atoms with van der Waals surface area (Å²) in [5.74, 6) is 0.836. The summed E-state index contributed by atoms with van der Waals surface area (Å²) in [6.07, 6.45) is 7.21. The molecule has 5 rings (SSSR count). The van der Waals surface area contributed by atoms with Crippen LogP contribution in [0.25, 0.3) is 17.0 Å². The van der Waals surface area contributed by atoms with Crippen molar-refractivity contribution in [2.45, 2.75) is 38.8 Å². The molecule has 1 unspecified atom stereocenters. The molecule has 1 saturated heterocycles. The number of carbonyl (C=O) groups excluding carboxylic acids is 1. The van der Waals surface area contributed by atoms with E-state index in [4.69, 9.17) is 4.74 Å². The fourth-order valence-corrected chi connectivity index (χ4v) is 4.40. The summed E-state index contributed by atoms with van der Waals surface area (Å²) in [7, 11) is 0. The molecule has 1 fully saturated rings. The van der Waals surface area contributed by atoms with Gasteiger partial charge in [0.1, 0.15) is 11.5 Å². The predicted molar refractivity (Wildman–Crippen MR) is 113 cm³/mol. The summed E-state index contributed by atoms with van der Waals surface area (Å²) in [5, 5.41) is 11.6. The van der Waals surface area contributed by atoms with Gasteiger partial charge >= 0.3 is 0 Å². The lowest BCUT2D eigenvalue weighted by Gasteiger charge is -2.33. The molecule has 2 aliphatic rings. The number of hydrogen-bond donors (Lipinski definition) is 2. The molecule has 0 radical (unpaired) electrons. The summed E-state index contributed by atoms with van der Waals surface area (Å²) >= 11 is 0. The van der Waals surface area contributed by atoms with Crippen molar-refractivity contribution in [1.82, 2.24) is 9.88 Å². The molecule has 5 heteroatoms. The summed E-state index contributed by atoms with van der Waals surface area (Å²) in [5.41, 5.74) is 3.15. The number of piperidine rings is 1. The normalized spacial score (nSPS) is 20.9. The van der Waals surface area contributed by atoms with Crippen molar-refractivity contribution in [2.75, 3.05) is 6.54 Å². The Hall–Kier alpha value is -3.05. The number of carbonyl (C=O) groups is 1. The second-order valence-electron chi connectivity index (χ2n) is 7.98. The molecule has 0 saturated carbocycles. The number of aromatic hydroxyl groups is 1. The van der Waals surface area contributed by atoms with Crippen LogP contribution in [0.1, 0.15) is 47.7 Å². The van der Waals surface area contributed by atoms with Crippen molar-refractivity contribution in [3.05, 3.63) is 65.0 Å². The van der Waals surface area contributed by atoms with E-state index < -0.39 is 0 Å². The number of likely N-dealkylation sites (tertiary alicyclic amines) is 1. The predicted octanol–water partition coefficient (Wildman–Crippen LogP) is 4.86. The van der Waals surface area contributed by atoms with Gasteiger partial charge in [0.05, 0.1) is 11.1 Å². The molecule has 2 aliphatic heterocycles. The van der Waals surface area contributed by atoms with Gasteiger partial charge in [0, 0.05) is 35.2 Å². The average molecular weight is 388 g/mol. The number of ketones is 1. The van der Waals surface area contributed by atoms with Gasteiger partial charge in [-0.1, -0.05) is 24.6 Å². The van der Waals surface area contributed by atoms with Gasteiger partial charge in [-0.2, -0.15) is 0 Å². The quantitative estimate of drug-likeness (QED) is 0.629. The van der Waals surface area contributed by atoms with Gasteiger partial charge in [0.15, 0.2) is 5.76 Å². The van der Waals surface area contributed by atoms with Crippen molar-refractivity contribution in [1.29, 1.82) is 0 Å². The number of nitrogens with zero attached hydrogens (tertiary/aromatic N) is 1. The highest BCUT2D eigenvalue weighted by Crippen LogP contribution is 2.41. The Morgan fingerprint density at radius 2 is 2.10 bits per heavy atom. The Morgan fingerprint density at radius 1 is 1.24 bits per heavy atom. The van der Waals surface area contributed by atoms with Crippen molar-refractivity contribution >= 4 is 22.8 Å². The highest BCUT2D eigenvalue weighted by Gasteiger charge is 2.32. The first-order chi connectivity index (χ1) is 14.1. The number of benzene rings is 2. The fourth-order valence-electron chi connectivity index (χ4n) is 4.40. The van der Waals surface area contributed by atoms with Gasteiger partial charge in [-0.25, -0.2) is 0 Å². The number of H-pyrrole nitrogens is 1. The van der Waals surface area contributed by atoms with E-state index in [9.17, 15) is 9.90 Å². The summed E-state index contributed by atoms with van der Waals surface area (Å²) in [6.45, 7) is 3.80. The third-order valence-electron chi connectivity index (χ3n) is 6.13. The lowest BCUT2D eigenvalue weighted by Crippen LogP contribution is -2.36. The van der Waals surface area contributed by atoms with Crippen LogP contribution in [-0.2, 0) is 6.54 Å². The van der Waals surface area contributed by atoms with Crippen molar-refractivity contribution in [2.24, 2.45) is 0 Å². The summed E-state index contributed by atoms with van der Waals surface area (Å²) < 4.78 is 6.04. The van der Waals surface area contributed by atoms with E-state index in [2.05, 4.69) is 16.8 Å². The second kappa shape index (κ2) is 7.08. The zero-order valence-electron chi connectivity index (χ0n) is 16.4.